The maximum absolute atomic E-state index is 12.3. The van der Waals surface area contributed by atoms with Gasteiger partial charge in [0.15, 0.2) is 11.0 Å². The van der Waals surface area contributed by atoms with Crippen molar-refractivity contribution in [2.75, 3.05) is 5.75 Å². The van der Waals surface area contributed by atoms with Gasteiger partial charge >= 0.3 is 0 Å². The number of para-hydroxylation sites is 1. The molecule has 1 heterocycles. The van der Waals surface area contributed by atoms with E-state index in [4.69, 9.17) is 0 Å². The molecular weight excluding hydrogens is 502 g/mol. The van der Waals surface area contributed by atoms with Crippen LogP contribution in [0.2, 0.25) is 0 Å². The minimum atomic E-state index is -0.301. The monoisotopic (exact) mass is 521 g/mol. The van der Waals surface area contributed by atoms with Crippen molar-refractivity contribution < 1.29 is 9.90 Å². The summed E-state index contributed by atoms with van der Waals surface area (Å²) in [5.41, 5.74) is 5.97. The summed E-state index contributed by atoms with van der Waals surface area (Å²) in [6.07, 6.45) is 1.39. The van der Waals surface area contributed by atoms with E-state index in [1.807, 2.05) is 66.1 Å². The summed E-state index contributed by atoms with van der Waals surface area (Å²) in [6.45, 7) is 2.03. The Morgan fingerprint density at radius 3 is 2.64 bits per heavy atom. The lowest BCUT2D eigenvalue weighted by atomic mass is 10.1. The fraction of sp³-hybridized carbons (Fsp3) is 0.0833. The van der Waals surface area contributed by atoms with Crippen LogP contribution >= 0.6 is 27.7 Å². The van der Waals surface area contributed by atoms with Gasteiger partial charge in [0.25, 0.3) is 5.91 Å². The molecule has 0 saturated carbocycles. The number of phenols is 1. The van der Waals surface area contributed by atoms with Crippen LogP contribution in [-0.2, 0) is 4.79 Å². The number of carbonyl (C=O) groups is 1. The van der Waals surface area contributed by atoms with Crippen LogP contribution in [0.5, 0.6) is 5.75 Å². The van der Waals surface area contributed by atoms with Gasteiger partial charge in [0, 0.05) is 21.3 Å². The molecule has 0 aliphatic heterocycles. The molecule has 0 atom stereocenters. The first kappa shape index (κ1) is 22.8. The summed E-state index contributed by atoms with van der Waals surface area (Å²) in [6, 6.07) is 22.8. The fourth-order valence-electron chi connectivity index (χ4n) is 3.03. The number of halogens is 1. The lowest BCUT2D eigenvalue weighted by Crippen LogP contribution is -2.20. The molecule has 0 spiro atoms. The number of nitrogens with zero attached hydrogens (tertiary/aromatic N) is 4. The number of phenolic OH excluding ortho intramolecular Hbond substituents is 1. The third-order valence-corrected chi connectivity index (χ3v) is 6.09. The summed E-state index contributed by atoms with van der Waals surface area (Å²) in [5.74, 6) is 0.573. The van der Waals surface area contributed by atoms with Crippen molar-refractivity contribution in [2.45, 2.75) is 12.1 Å². The molecule has 0 aliphatic rings. The number of hydrazone groups is 1. The van der Waals surface area contributed by atoms with Crippen molar-refractivity contribution in [2.24, 2.45) is 5.10 Å². The molecule has 0 bridgehead atoms. The number of thioether (sulfide) groups is 1. The smallest absolute Gasteiger partial charge is 0.250 e. The van der Waals surface area contributed by atoms with Crippen LogP contribution in [0.1, 0.15) is 11.1 Å². The van der Waals surface area contributed by atoms with Gasteiger partial charge in [0.05, 0.1) is 12.0 Å². The topological polar surface area (TPSA) is 92.4 Å². The third kappa shape index (κ3) is 5.68. The first-order chi connectivity index (χ1) is 16.0. The Morgan fingerprint density at radius 2 is 1.88 bits per heavy atom. The number of carbonyl (C=O) groups excluding carboxylic acids is 1. The Labute approximate surface area is 203 Å². The van der Waals surface area contributed by atoms with Gasteiger partial charge in [0.1, 0.15) is 5.75 Å². The fourth-order valence-corrected chi connectivity index (χ4v) is 4.15. The molecule has 0 fully saturated rings. The molecule has 0 aliphatic carbocycles. The van der Waals surface area contributed by atoms with Gasteiger partial charge in [0.2, 0.25) is 0 Å². The molecule has 7 nitrogen and oxygen atoms in total. The molecule has 1 amide bonds. The number of hydrogen-bond acceptors (Lipinski definition) is 6. The van der Waals surface area contributed by atoms with Crippen molar-refractivity contribution in [1.82, 2.24) is 20.2 Å². The lowest BCUT2D eigenvalue weighted by molar-refractivity contribution is -0.118. The number of nitrogens with one attached hydrogen (secondary N) is 1. The average molecular weight is 522 g/mol. The maximum Gasteiger partial charge on any atom is 0.250 e. The van der Waals surface area contributed by atoms with Crippen LogP contribution < -0.4 is 5.43 Å². The van der Waals surface area contributed by atoms with E-state index in [0.29, 0.717) is 16.5 Å². The third-order valence-electron chi connectivity index (χ3n) is 4.67. The van der Waals surface area contributed by atoms with Gasteiger partial charge in [-0.3, -0.25) is 9.36 Å². The molecular formula is C24H20BrN5O2S. The molecule has 2 N–H and O–H groups in total. The quantitative estimate of drug-likeness (QED) is 0.204. The summed E-state index contributed by atoms with van der Waals surface area (Å²) in [7, 11) is 0. The van der Waals surface area contributed by atoms with Crippen LogP contribution in [0.15, 0.2) is 87.5 Å². The minimum Gasteiger partial charge on any atom is -0.507 e. The first-order valence-electron chi connectivity index (χ1n) is 10.0. The van der Waals surface area contributed by atoms with Crippen molar-refractivity contribution >= 4 is 39.8 Å². The highest BCUT2D eigenvalue weighted by molar-refractivity contribution is 9.10. The second kappa shape index (κ2) is 10.5. The lowest BCUT2D eigenvalue weighted by Gasteiger charge is -2.10. The molecule has 1 aromatic heterocycles. The van der Waals surface area contributed by atoms with Crippen LogP contribution in [0.3, 0.4) is 0 Å². The second-order valence-electron chi connectivity index (χ2n) is 7.13. The summed E-state index contributed by atoms with van der Waals surface area (Å²) in [4.78, 5) is 12.3. The predicted molar refractivity (Wildman–Crippen MR) is 134 cm³/mol. The summed E-state index contributed by atoms with van der Waals surface area (Å²) < 4.78 is 2.74. The molecule has 166 valence electrons. The van der Waals surface area contributed by atoms with E-state index in [0.717, 1.165) is 21.3 Å². The predicted octanol–water partition coefficient (Wildman–Crippen LogP) is 4.95. The molecule has 0 unspecified atom stereocenters. The maximum atomic E-state index is 12.3. The Balaban J connectivity index is 1.50. The highest BCUT2D eigenvalue weighted by atomic mass is 79.9. The SMILES string of the molecule is Cc1ccc(-c2nnc(SCC(=O)N/N=C\c3cc(Br)ccc3O)n2-c2ccccc2)cc1. The van der Waals surface area contributed by atoms with Crippen LogP contribution in [-0.4, -0.2) is 37.7 Å². The Bertz CT molecular complexity index is 1290. The van der Waals surface area contributed by atoms with Crippen molar-refractivity contribution in [3.05, 3.63) is 88.4 Å². The van der Waals surface area contributed by atoms with E-state index in [2.05, 4.69) is 36.7 Å². The Kier molecular flexibility index (Phi) is 7.21. The van der Waals surface area contributed by atoms with Crippen molar-refractivity contribution in [3.63, 3.8) is 0 Å². The van der Waals surface area contributed by atoms with Crippen LogP contribution in [0.25, 0.3) is 17.1 Å². The number of aryl methyl sites for hydroxylation is 1. The van der Waals surface area contributed by atoms with Gasteiger partial charge in [-0.15, -0.1) is 10.2 Å². The number of benzene rings is 3. The highest BCUT2D eigenvalue weighted by Gasteiger charge is 2.17. The molecule has 33 heavy (non-hydrogen) atoms. The number of rotatable bonds is 7. The molecule has 4 aromatic rings. The number of amides is 1. The van der Waals surface area contributed by atoms with Crippen molar-refractivity contribution in [3.8, 4) is 22.8 Å². The Morgan fingerprint density at radius 1 is 1.12 bits per heavy atom. The molecule has 9 heteroatoms. The summed E-state index contributed by atoms with van der Waals surface area (Å²) in [5, 5.41) is 23.1. The van der Waals surface area contributed by atoms with Gasteiger partial charge < -0.3 is 5.11 Å². The number of aromatic hydroxyl groups is 1. The van der Waals surface area contributed by atoms with E-state index in [1.165, 1.54) is 18.0 Å². The standard InChI is InChI=1S/C24H20BrN5O2S/c1-16-7-9-17(10-8-16)23-28-29-24(30(23)20-5-3-2-4-6-20)33-15-22(32)27-26-14-18-13-19(25)11-12-21(18)31/h2-14,31H,15H2,1H3,(H,27,32)/b26-14-. The van der Waals surface area contributed by atoms with Gasteiger partial charge in [-0.05, 0) is 37.3 Å². The molecule has 4 rings (SSSR count). The summed E-state index contributed by atoms with van der Waals surface area (Å²) >= 11 is 4.60. The van der Waals surface area contributed by atoms with Crippen LogP contribution in [0, 0.1) is 6.92 Å². The number of hydrogen-bond donors (Lipinski definition) is 2. The zero-order chi connectivity index (χ0) is 23.2. The zero-order valence-electron chi connectivity index (χ0n) is 17.6. The minimum absolute atomic E-state index is 0.0742. The highest BCUT2D eigenvalue weighted by Crippen LogP contribution is 2.28. The molecule has 3 aromatic carbocycles. The van der Waals surface area contributed by atoms with Gasteiger partial charge in [-0.1, -0.05) is 75.7 Å². The van der Waals surface area contributed by atoms with E-state index < -0.39 is 0 Å². The first-order valence-corrected chi connectivity index (χ1v) is 11.8. The average Bonchev–Trinajstić information content (AvgIpc) is 3.25. The number of aromatic nitrogens is 3. The Hall–Kier alpha value is -3.43. The second-order valence-corrected chi connectivity index (χ2v) is 8.99. The largest absolute Gasteiger partial charge is 0.507 e. The van der Waals surface area contributed by atoms with E-state index in [9.17, 15) is 9.90 Å². The van der Waals surface area contributed by atoms with Gasteiger partial charge in [-0.25, -0.2) is 5.43 Å². The van der Waals surface area contributed by atoms with E-state index >= 15 is 0 Å². The van der Waals surface area contributed by atoms with E-state index in [-0.39, 0.29) is 17.4 Å². The van der Waals surface area contributed by atoms with Crippen molar-refractivity contribution in [1.29, 1.82) is 0 Å². The molecule has 0 radical (unpaired) electrons. The molecule has 0 saturated heterocycles. The van der Waals surface area contributed by atoms with Gasteiger partial charge in [-0.2, -0.15) is 5.10 Å². The van der Waals surface area contributed by atoms with Crippen LogP contribution in [0.4, 0.5) is 0 Å². The normalized spacial score (nSPS) is 11.1. The zero-order valence-corrected chi connectivity index (χ0v) is 20.0. The van der Waals surface area contributed by atoms with E-state index in [1.54, 1.807) is 18.2 Å².